The van der Waals surface area contributed by atoms with Gasteiger partial charge in [0.25, 0.3) is 5.91 Å². The number of carbonyl (C=O) groups is 1. The molecule has 6 heteroatoms. The topological polar surface area (TPSA) is 74.7 Å². The molecular formula is C16H21N3O3. The molecule has 0 aromatic carbocycles. The summed E-state index contributed by atoms with van der Waals surface area (Å²) in [6, 6.07) is 2.46. The zero-order valence-electron chi connectivity index (χ0n) is 12.5. The molecule has 1 aromatic rings. The average molecular weight is 303 g/mol. The number of hydrogen-bond acceptors (Lipinski definition) is 5. The van der Waals surface area contributed by atoms with E-state index in [0.29, 0.717) is 17.0 Å². The molecule has 2 fully saturated rings. The molecule has 1 unspecified atom stereocenters. The van der Waals surface area contributed by atoms with E-state index in [0.717, 1.165) is 44.0 Å². The van der Waals surface area contributed by atoms with E-state index in [-0.39, 0.29) is 0 Å². The first-order valence-electron chi connectivity index (χ1n) is 7.96. The Morgan fingerprint density at radius 2 is 2.41 bits per heavy atom. The van der Waals surface area contributed by atoms with Gasteiger partial charge in [-0.25, -0.2) is 5.48 Å². The van der Waals surface area contributed by atoms with E-state index in [9.17, 15) is 4.79 Å². The second-order valence-corrected chi connectivity index (χ2v) is 6.71. The van der Waals surface area contributed by atoms with Gasteiger partial charge in [-0.3, -0.25) is 19.9 Å². The molecule has 2 atom stereocenters. The summed E-state index contributed by atoms with van der Waals surface area (Å²) < 4.78 is 5.64. The lowest BCUT2D eigenvalue weighted by Gasteiger charge is -2.52. The number of pyridine rings is 1. The van der Waals surface area contributed by atoms with E-state index in [2.05, 4.69) is 9.88 Å². The second kappa shape index (κ2) is 5.30. The van der Waals surface area contributed by atoms with E-state index in [1.807, 2.05) is 6.07 Å². The van der Waals surface area contributed by atoms with E-state index >= 15 is 0 Å². The maximum Gasteiger partial charge on any atom is 0.276 e. The van der Waals surface area contributed by atoms with Gasteiger partial charge >= 0.3 is 0 Å². The molecule has 2 aliphatic heterocycles. The number of carbonyl (C=O) groups excluding carboxylic acids is 1. The zero-order valence-corrected chi connectivity index (χ0v) is 12.5. The first-order chi connectivity index (χ1) is 10.7. The Morgan fingerprint density at radius 3 is 3.09 bits per heavy atom. The van der Waals surface area contributed by atoms with Crippen molar-refractivity contribution in [3.05, 3.63) is 29.1 Å². The van der Waals surface area contributed by atoms with Crippen molar-refractivity contribution >= 4 is 5.91 Å². The van der Waals surface area contributed by atoms with Crippen LogP contribution in [-0.2, 0) is 17.7 Å². The van der Waals surface area contributed by atoms with Crippen LogP contribution in [0.3, 0.4) is 0 Å². The van der Waals surface area contributed by atoms with E-state index < -0.39 is 5.91 Å². The van der Waals surface area contributed by atoms with Crippen molar-refractivity contribution in [1.82, 2.24) is 15.4 Å². The molecule has 3 aliphatic rings. The molecule has 1 saturated carbocycles. The third-order valence-electron chi connectivity index (χ3n) is 5.64. The Kier molecular flexibility index (Phi) is 3.40. The summed E-state index contributed by atoms with van der Waals surface area (Å²) in [6.07, 6.45) is 6.17. The van der Waals surface area contributed by atoms with Gasteiger partial charge in [-0.2, -0.15) is 0 Å². The minimum absolute atomic E-state index is 0.383. The smallest absolute Gasteiger partial charge is 0.276 e. The Hall–Kier alpha value is -1.50. The van der Waals surface area contributed by atoms with Crippen molar-refractivity contribution in [3.8, 4) is 0 Å². The fourth-order valence-electron chi connectivity index (χ4n) is 4.22. The van der Waals surface area contributed by atoms with Crippen LogP contribution in [-0.4, -0.2) is 46.8 Å². The van der Waals surface area contributed by atoms with Gasteiger partial charge in [0.2, 0.25) is 0 Å². The number of rotatable bonds is 2. The minimum Gasteiger partial charge on any atom is -0.381 e. The Bertz CT molecular complexity index is 598. The number of hydroxylamine groups is 1. The summed E-state index contributed by atoms with van der Waals surface area (Å²) >= 11 is 0. The molecule has 1 amide bonds. The third kappa shape index (κ3) is 2.14. The van der Waals surface area contributed by atoms with Gasteiger partial charge in [0.1, 0.15) is 0 Å². The van der Waals surface area contributed by atoms with Crippen molar-refractivity contribution in [3.63, 3.8) is 0 Å². The van der Waals surface area contributed by atoms with Crippen LogP contribution in [0.25, 0.3) is 0 Å². The molecule has 6 nitrogen and oxygen atoms in total. The quantitative estimate of drug-likeness (QED) is 0.633. The Labute approximate surface area is 129 Å². The lowest BCUT2D eigenvalue weighted by molar-refractivity contribution is -0.0393. The first-order valence-corrected chi connectivity index (χ1v) is 7.96. The van der Waals surface area contributed by atoms with E-state index in [1.165, 1.54) is 19.3 Å². The lowest BCUT2D eigenvalue weighted by Crippen LogP contribution is -2.56. The largest absolute Gasteiger partial charge is 0.381 e. The molecule has 1 aromatic heterocycles. The van der Waals surface area contributed by atoms with Crippen LogP contribution >= 0.6 is 0 Å². The molecule has 1 spiro atoms. The monoisotopic (exact) mass is 303 g/mol. The van der Waals surface area contributed by atoms with Gasteiger partial charge in [0.15, 0.2) is 0 Å². The molecule has 2 N–H and O–H groups in total. The summed E-state index contributed by atoms with van der Waals surface area (Å²) in [5.74, 6) is -0.501. The zero-order chi connectivity index (χ0) is 15.2. The lowest BCUT2D eigenvalue weighted by atomic mass is 9.63. The molecule has 22 heavy (non-hydrogen) atoms. The molecule has 0 bridgehead atoms. The Balaban J connectivity index is 1.51. The number of aromatic nitrogens is 1. The Morgan fingerprint density at radius 1 is 1.50 bits per heavy atom. The van der Waals surface area contributed by atoms with Gasteiger partial charge in [-0.15, -0.1) is 0 Å². The predicted octanol–water partition coefficient (Wildman–Crippen LogP) is 1.13. The highest BCUT2D eigenvalue weighted by atomic mass is 16.5. The van der Waals surface area contributed by atoms with E-state index in [4.69, 9.17) is 9.94 Å². The van der Waals surface area contributed by atoms with Gasteiger partial charge in [-0.1, -0.05) is 0 Å². The fourth-order valence-corrected chi connectivity index (χ4v) is 4.22. The first kappa shape index (κ1) is 14.1. The number of ether oxygens (including phenoxy) is 1. The highest BCUT2D eigenvalue weighted by Gasteiger charge is 2.51. The van der Waals surface area contributed by atoms with Crippen LogP contribution in [0, 0.1) is 5.41 Å². The molecule has 118 valence electrons. The normalized spacial score (nSPS) is 30.9. The highest BCUT2D eigenvalue weighted by molar-refractivity contribution is 5.93. The molecule has 1 aliphatic carbocycles. The van der Waals surface area contributed by atoms with Crippen molar-refractivity contribution in [2.75, 3.05) is 19.8 Å². The van der Waals surface area contributed by atoms with Crippen LogP contribution in [0.2, 0.25) is 0 Å². The predicted molar refractivity (Wildman–Crippen MR) is 78.5 cm³/mol. The number of fused-ring (bicyclic) bond motifs is 1. The maximum absolute atomic E-state index is 11.5. The number of hydrogen-bond donors (Lipinski definition) is 2. The highest BCUT2D eigenvalue weighted by Crippen LogP contribution is 2.50. The summed E-state index contributed by atoms with van der Waals surface area (Å²) in [5.41, 5.74) is 4.64. The van der Waals surface area contributed by atoms with E-state index in [1.54, 1.807) is 11.7 Å². The molecule has 4 rings (SSSR count). The number of nitrogens with zero attached hydrogens (tertiary/aromatic N) is 2. The number of nitrogens with one attached hydrogen (secondary N) is 1. The molecule has 1 saturated heterocycles. The van der Waals surface area contributed by atoms with Crippen LogP contribution in [0.15, 0.2) is 12.3 Å². The van der Waals surface area contributed by atoms with Gasteiger partial charge in [0.05, 0.1) is 17.9 Å². The van der Waals surface area contributed by atoms with Crippen molar-refractivity contribution in [2.45, 2.75) is 38.3 Å². The van der Waals surface area contributed by atoms with Gasteiger partial charge in [0, 0.05) is 37.4 Å². The summed E-state index contributed by atoms with van der Waals surface area (Å²) in [6.45, 7) is 3.66. The fraction of sp³-hybridized carbons (Fsp3) is 0.625. The molecular weight excluding hydrogens is 282 g/mol. The van der Waals surface area contributed by atoms with Gasteiger partial charge < -0.3 is 4.74 Å². The van der Waals surface area contributed by atoms with Gasteiger partial charge in [-0.05, 0) is 37.3 Å². The number of amides is 1. The van der Waals surface area contributed by atoms with Crippen molar-refractivity contribution in [1.29, 1.82) is 0 Å². The van der Waals surface area contributed by atoms with Crippen molar-refractivity contribution in [2.24, 2.45) is 5.41 Å². The summed E-state index contributed by atoms with van der Waals surface area (Å²) in [4.78, 5) is 18.5. The minimum atomic E-state index is -0.501. The second-order valence-electron chi connectivity index (χ2n) is 6.71. The third-order valence-corrected chi connectivity index (χ3v) is 5.64. The maximum atomic E-state index is 11.5. The van der Waals surface area contributed by atoms with Crippen LogP contribution in [0.4, 0.5) is 0 Å². The van der Waals surface area contributed by atoms with Crippen LogP contribution in [0.5, 0.6) is 0 Å². The summed E-state index contributed by atoms with van der Waals surface area (Å²) in [7, 11) is 0. The van der Waals surface area contributed by atoms with Crippen molar-refractivity contribution < 1.29 is 14.7 Å². The molecule has 3 heterocycles. The SMILES string of the molecule is O=C(NO)c1cnc2c(c1)CCN(C1CC[C@@]13CCOC3)C2. The van der Waals surface area contributed by atoms with Crippen LogP contribution in [0.1, 0.15) is 40.9 Å². The van der Waals surface area contributed by atoms with Crippen LogP contribution < -0.4 is 5.48 Å². The molecule has 0 radical (unpaired) electrons. The standard InChI is InChI=1S/C16H21N3O3/c20-15(18-21)12-7-11-2-5-19(9-13(11)17-8-12)14-1-3-16(14)4-6-22-10-16/h7-8,14,21H,1-6,9-10H2,(H,18,20)/t14?,16-/m0/s1. The summed E-state index contributed by atoms with van der Waals surface area (Å²) in [5, 5.41) is 8.72. The average Bonchev–Trinajstić information content (AvgIpc) is 3.05.